The molecule has 1 aromatic carbocycles. The van der Waals surface area contributed by atoms with Crippen molar-refractivity contribution in [2.45, 2.75) is 13.5 Å². The van der Waals surface area contributed by atoms with Gasteiger partial charge in [-0.15, -0.1) is 0 Å². The van der Waals surface area contributed by atoms with Crippen LogP contribution in [-0.2, 0) is 6.54 Å². The van der Waals surface area contributed by atoms with Gasteiger partial charge < -0.3 is 4.57 Å². The van der Waals surface area contributed by atoms with E-state index >= 15 is 0 Å². The summed E-state index contributed by atoms with van der Waals surface area (Å²) in [4.78, 5) is 0. The highest BCUT2D eigenvalue weighted by Gasteiger charge is 2.05. The highest BCUT2D eigenvalue weighted by Crippen LogP contribution is 2.19. The summed E-state index contributed by atoms with van der Waals surface area (Å²) in [5.41, 5.74) is 0.762. The predicted molar refractivity (Wildman–Crippen MR) is 52.3 cm³/mol. The lowest BCUT2D eigenvalue weighted by atomic mass is 10.2. The van der Waals surface area contributed by atoms with E-state index in [4.69, 9.17) is 5.26 Å². The molecule has 0 aliphatic rings. The first-order valence-corrected chi connectivity index (χ1v) is 4.34. The number of hydrogen-bond acceptors (Lipinski definition) is 1. The molecular formula is C11H10N2. The van der Waals surface area contributed by atoms with Gasteiger partial charge in [-0.2, -0.15) is 5.26 Å². The molecule has 0 saturated carbocycles. The lowest BCUT2D eigenvalue weighted by molar-refractivity contribution is 0.762. The third kappa shape index (κ3) is 1.09. The summed E-state index contributed by atoms with van der Waals surface area (Å²) in [6, 6.07) is 10.2. The molecule has 0 saturated heterocycles. The Bertz CT molecular complexity index is 474. The molecule has 2 aromatic rings. The minimum absolute atomic E-state index is 0.762. The largest absolute Gasteiger partial charge is 0.339 e. The summed E-state index contributed by atoms with van der Waals surface area (Å²) in [6.07, 6.45) is 2.02. The molecule has 0 bridgehead atoms. The lowest BCUT2D eigenvalue weighted by Gasteiger charge is -1.96. The van der Waals surface area contributed by atoms with Crippen LogP contribution in [-0.4, -0.2) is 4.57 Å². The molecule has 1 heterocycles. The molecule has 0 amide bonds. The maximum absolute atomic E-state index is 8.97. The van der Waals surface area contributed by atoms with Crippen molar-refractivity contribution in [3.8, 4) is 6.07 Å². The van der Waals surface area contributed by atoms with E-state index < -0.39 is 0 Å². The van der Waals surface area contributed by atoms with Crippen molar-refractivity contribution in [3.05, 3.63) is 36.2 Å². The first kappa shape index (κ1) is 7.88. The van der Waals surface area contributed by atoms with E-state index in [0.717, 1.165) is 23.0 Å². The van der Waals surface area contributed by atoms with Gasteiger partial charge in [-0.1, -0.05) is 24.3 Å². The van der Waals surface area contributed by atoms with Crippen molar-refractivity contribution < 1.29 is 0 Å². The van der Waals surface area contributed by atoms with Crippen LogP contribution in [0.25, 0.3) is 10.8 Å². The van der Waals surface area contributed by atoms with Gasteiger partial charge >= 0.3 is 0 Å². The Morgan fingerprint density at radius 3 is 2.85 bits per heavy atom. The Hall–Kier alpha value is -1.75. The van der Waals surface area contributed by atoms with Crippen molar-refractivity contribution in [1.82, 2.24) is 4.57 Å². The second-order valence-electron chi connectivity index (χ2n) is 2.96. The predicted octanol–water partition coefficient (Wildman–Crippen LogP) is 2.53. The first-order valence-electron chi connectivity index (χ1n) is 4.34. The SMILES string of the molecule is CCn1cc2ccccc2c1C#N. The van der Waals surface area contributed by atoms with Gasteiger partial charge in [0.1, 0.15) is 11.8 Å². The summed E-state index contributed by atoms with van der Waals surface area (Å²) >= 11 is 0. The third-order valence-electron chi connectivity index (χ3n) is 2.24. The van der Waals surface area contributed by atoms with E-state index in [-0.39, 0.29) is 0 Å². The van der Waals surface area contributed by atoms with Crippen LogP contribution in [0.5, 0.6) is 0 Å². The standard InChI is InChI=1S/C11H10N2/c1-2-13-8-9-5-3-4-6-10(9)11(13)7-12/h3-6,8H,2H2,1H3. The maximum atomic E-state index is 8.97. The normalized spacial score (nSPS) is 10.2. The van der Waals surface area contributed by atoms with Crippen LogP contribution < -0.4 is 0 Å². The number of rotatable bonds is 1. The molecule has 0 unspecified atom stereocenters. The van der Waals surface area contributed by atoms with Crippen LogP contribution in [0.2, 0.25) is 0 Å². The van der Waals surface area contributed by atoms with Crippen LogP contribution in [0.3, 0.4) is 0 Å². The number of hydrogen-bond donors (Lipinski definition) is 0. The van der Waals surface area contributed by atoms with E-state index in [1.54, 1.807) is 0 Å². The number of nitriles is 1. The number of benzene rings is 1. The molecule has 13 heavy (non-hydrogen) atoms. The van der Waals surface area contributed by atoms with Crippen LogP contribution >= 0.6 is 0 Å². The van der Waals surface area contributed by atoms with Crippen LogP contribution in [0, 0.1) is 11.3 Å². The molecule has 64 valence electrons. The van der Waals surface area contributed by atoms with Gasteiger partial charge in [-0.25, -0.2) is 0 Å². The molecule has 1 aromatic heterocycles. The molecule has 0 atom stereocenters. The molecule has 2 rings (SSSR count). The van der Waals surface area contributed by atoms with E-state index in [2.05, 4.69) is 6.07 Å². The Balaban J connectivity index is 2.83. The van der Waals surface area contributed by atoms with E-state index in [9.17, 15) is 0 Å². The second-order valence-corrected chi connectivity index (χ2v) is 2.96. The zero-order chi connectivity index (χ0) is 9.26. The van der Waals surface area contributed by atoms with Gasteiger partial charge in [0.15, 0.2) is 0 Å². The Labute approximate surface area is 77.0 Å². The van der Waals surface area contributed by atoms with Crippen LogP contribution in [0.1, 0.15) is 12.6 Å². The zero-order valence-electron chi connectivity index (χ0n) is 7.49. The van der Waals surface area contributed by atoms with Gasteiger partial charge in [-0.3, -0.25) is 0 Å². The number of aryl methyl sites for hydroxylation is 1. The summed E-state index contributed by atoms with van der Waals surface area (Å²) in [5.74, 6) is 0. The molecule has 0 aliphatic carbocycles. The minimum atomic E-state index is 0.762. The Morgan fingerprint density at radius 2 is 2.15 bits per heavy atom. The third-order valence-corrected chi connectivity index (χ3v) is 2.24. The van der Waals surface area contributed by atoms with Crippen LogP contribution in [0.4, 0.5) is 0 Å². The maximum Gasteiger partial charge on any atom is 0.128 e. The lowest BCUT2D eigenvalue weighted by Crippen LogP contribution is -1.94. The highest BCUT2D eigenvalue weighted by molar-refractivity contribution is 5.87. The van der Waals surface area contributed by atoms with Crippen molar-refractivity contribution in [2.24, 2.45) is 0 Å². The fraction of sp³-hybridized carbons (Fsp3) is 0.182. The molecule has 0 radical (unpaired) electrons. The fourth-order valence-electron chi connectivity index (χ4n) is 1.59. The number of aromatic nitrogens is 1. The van der Waals surface area contributed by atoms with Crippen molar-refractivity contribution in [3.63, 3.8) is 0 Å². The quantitative estimate of drug-likeness (QED) is 0.646. The van der Waals surface area contributed by atoms with Crippen molar-refractivity contribution in [1.29, 1.82) is 5.26 Å². The highest BCUT2D eigenvalue weighted by atomic mass is 15.0. The Kier molecular flexibility index (Phi) is 1.79. The monoisotopic (exact) mass is 170 g/mol. The molecule has 0 aliphatic heterocycles. The van der Waals surface area contributed by atoms with Gasteiger partial charge in [0.25, 0.3) is 0 Å². The number of nitrogens with zero attached hydrogens (tertiary/aromatic N) is 2. The van der Waals surface area contributed by atoms with Gasteiger partial charge in [-0.05, 0) is 6.92 Å². The second kappa shape index (κ2) is 2.95. The number of fused-ring (bicyclic) bond motifs is 1. The van der Waals surface area contributed by atoms with Gasteiger partial charge in [0.2, 0.25) is 0 Å². The van der Waals surface area contributed by atoms with E-state index in [1.165, 1.54) is 0 Å². The van der Waals surface area contributed by atoms with Crippen molar-refractivity contribution >= 4 is 10.8 Å². The minimum Gasteiger partial charge on any atom is -0.339 e. The topological polar surface area (TPSA) is 28.7 Å². The molecule has 0 fully saturated rings. The summed E-state index contributed by atoms with van der Waals surface area (Å²) < 4.78 is 1.98. The summed E-state index contributed by atoms with van der Waals surface area (Å²) in [7, 11) is 0. The first-order chi connectivity index (χ1) is 6.36. The smallest absolute Gasteiger partial charge is 0.128 e. The Morgan fingerprint density at radius 1 is 1.38 bits per heavy atom. The average Bonchev–Trinajstić information content (AvgIpc) is 2.55. The zero-order valence-corrected chi connectivity index (χ0v) is 7.49. The van der Waals surface area contributed by atoms with E-state index in [1.807, 2.05) is 42.0 Å². The summed E-state index contributed by atoms with van der Waals surface area (Å²) in [6.45, 7) is 2.89. The van der Waals surface area contributed by atoms with Crippen molar-refractivity contribution in [2.75, 3.05) is 0 Å². The molecular weight excluding hydrogens is 160 g/mol. The molecule has 0 spiro atoms. The molecule has 2 heteroatoms. The fourth-order valence-corrected chi connectivity index (χ4v) is 1.59. The van der Waals surface area contributed by atoms with E-state index in [0.29, 0.717) is 0 Å². The molecule has 0 N–H and O–H groups in total. The molecule has 2 nitrogen and oxygen atoms in total. The summed E-state index contributed by atoms with van der Waals surface area (Å²) in [5, 5.41) is 11.2. The van der Waals surface area contributed by atoms with Gasteiger partial charge in [0.05, 0.1) is 0 Å². The van der Waals surface area contributed by atoms with Gasteiger partial charge in [0, 0.05) is 23.5 Å². The van der Waals surface area contributed by atoms with Crippen LogP contribution in [0.15, 0.2) is 30.5 Å². The average molecular weight is 170 g/mol.